The summed E-state index contributed by atoms with van der Waals surface area (Å²) in [4.78, 5) is 8.38. The number of aryl methyl sites for hydroxylation is 1. The zero-order valence-electron chi connectivity index (χ0n) is 11.5. The predicted molar refractivity (Wildman–Crippen MR) is 82.1 cm³/mol. The van der Waals surface area contributed by atoms with Crippen molar-refractivity contribution in [1.82, 2.24) is 24.1 Å². The summed E-state index contributed by atoms with van der Waals surface area (Å²) in [5.74, 6) is 0.231. The van der Waals surface area contributed by atoms with Crippen molar-refractivity contribution in [2.45, 2.75) is 0 Å². The zero-order chi connectivity index (χ0) is 15.4. The number of nitrogen functional groups attached to an aromatic ring is 1. The molecular weight excluding hydrogens is 307 g/mol. The van der Waals surface area contributed by atoms with Crippen LogP contribution in [0.5, 0.6) is 0 Å². The highest BCUT2D eigenvalue weighted by Crippen LogP contribution is 2.29. The number of halogens is 2. The van der Waals surface area contributed by atoms with Crippen molar-refractivity contribution in [2.75, 3.05) is 5.73 Å². The van der Waals surface area contributed by atoms with Gasteiger partial charge in [-0.15, -0.1) is 5.10 Å². The summed E-state index contributed by atoms with van der Waals surface area (Å²) in [5.41, 5.74) is 7.82. The molecule has 4 aromatic rings. The van der Waals surface area contributed by atoms with Crippen molar-refractivity contribution in [1.29, 1.82) is 0 Å². The fourth-order valence-corrected chi connectivity index (χ4v) is 2.78. The number of anilines is 1. The van der Waals surface area contributed by atoms with Gasteiger partial charge < -0.3 is 10.3 Å². The third kappa shape index (κ3) is 1.75. The van der Waals surface area contributed by atoms with Crippen LogP contribution in [0.4, 0.5) is 10.2 Å². The minimum atomic E-state index is -0.419. The average Bonchev–Trinajstić information content (AvgIpc) is 3.00. The number of fused-ring (bicyclic) bond motifs is 2. The van der Waals surface area contributed by atoms with E-state index in [1.807, 2.05) is 7.05 Å². The Kier molecular flexibility index (Phi) is 2.61. The lowest BCUT2D eigenvalue weighted by atomic mass is 10.2. The molecule has 0 spiro atoms. The summed E-state index contributed by atoms with van der Waals surface area (Å²) in [7, 11) is 1.82. The van der Waals surface area contributed by atoms with Crippen molar-refractivity contribution in [3.63, 3.8) is 0 Å². The lowest BCUT2D eigenvalue weighted by Gasteiger charge is -2.03. The third-order valence-corrected chi connectivity index (χ3v) is 3.82. The molecular formula is C14H10ClFN6. The highest BCUT2D eigenvalue weighted by Gasteiger charge is 2.16. The normalized spacial score (nSPS) is 11.6. The van der Waals surface area contributed by atoms with Crippen molar-refractivity contribution in [3.8, 4) is 11.4 Å². The maximum atomic E-state index is 13.5. The van der Waals surface area contributed by atoms with Crippen molar-refractivity contribution in [2.24, 2.45) is 7.05 Å². The van der Waals surface area contributed by atoms with Gasteiger partial charge in [0.15, 0.2) is 11.6 Å². The van der Waals surface area contributed by atoms with E-state index in [0.29, 0.717) is 33.0 Å². The number of aromatic nitrogens is 5. The summed E-state index contributed by atoms with van der Waals surface area (Å²) >= 11 is 6.05. The van der Waals surface area contributed by atoms with Gasteiger partial charge in [-0.05, 0) is 12.1 Å². The molecule has 0 aliphatic rings. The van der Waals surface area contributed by atoms with E-state index in [4.69, 9.17) is 17.3 Å². The van der Waals surface area contributed by atoms with Crippen LogP contribution in [0.25, 0.3) is 27.9 Å². The summed E-state index contributed by atoms with van der Waals surface area (Å²) in [5, 5.41) is 5.50. The fraction of sp³-hybridized carbons (Fsp3) is 0.0714. The van der Waals surface area contributed by atoms with Gasteiger partial charge in [0, 0.05) is 30.4 Å². The smallest absolute Gasteiger partial charge is 0.184 e. The molecule has 0 atom stereocenters. The Hall–Kier alpha value is -2.67. The Morgan fingerprint density at radius 1 is 1.36 bits per heavy atom. The molecule has 4 rings (SSSR count). The van der Waals surface area contributed by atoms with Gasteiger partial charge in [-0.3, -0.25) is 0 Å². The first kappa shape index (κ1) is 13.0. The molecule has 2 N–H and O–H groups in total. The van der Waals surface area contributed by atoms with E-state index in [1.165, 1.54) is 12.3 Å². The SMILES string of the molecule is Cn1cc(-c2nc(N)c3c(Cl)ccn3n2)c2cc(F)cnc21. The standard InChI is InChI=1S/C14H10ClFN6/c1-21-6-9(8-4-7(16)5-18-14(8)21)13-19-12(17)11-10(15)2-3-22(11)20-13/h2-6H,1H3,(H2,17,19,20). The van der Waals surface area contributed by atoms with Crippen LogP contribution in [0.2, 0.25) is 5.02 Å². The van der Waals surface area contributed by atoms with Gasteiger partial charge in [-0.2, -0.15) is 0 Å². The Balaban J connectivity index is 2.05. The molecule has 0 fully saturated rings. The molecule has 0 bridgehead atoms. The van der Waals surface area contributed by atoms with Gasteiger partial charge in [0.25, 0.3) is 0 Å². The maximum Gasteiger partial charge on any atom is 0.184 e. The molecule has 0 saturated carbocycles. The molecule has 0 amide bonds. The Bertz CT molecular complexity index is 1030. The van der Waals surface area contributed by atoms with E-state index < -0.39 is 5.82 Å². The predicted octanol–water partition coefficient (Wildman–Crippen LogP) is 2.66. The number of hydrogen-bond acceptors (Lipinski definition) is 4. The van der Waals surface area contributed by atoms with E-state index in [2.05, 4.69) is 15.1 Å². The topological polar surface area (TPSA) is 74.0 Å². The number of pyridine rings is 1. The molecule has 8 heteroatoms. The molecule has 0 aliphatic carbocycles. The van der Waals surface area contributed by atoms with Crippen LogP contribution in [0, 0.1) is 5.82 Å². The maximum absolute atomic E-state index is 13.5. The fourth-order valence-electron chi connectivity index (χ4n) is 2.54. The van der Waals surface area contributed by atoms with Gasteiger partial charge in [-0.1, -0.05) is 11.6 Å². The lowest BCUT2D eigenvalue weighted by Crippen LogP contribution is -2.02. The first-order valence-electron chi connectivity index (χ1n) is 6.46. The van der Waals surface area contributed by atoms with Crippen molar-refractivity contribution < 1.29 is 4.39 Å². The van der Waals surface area contributed by atoms with Gasteiger partial charge in [0.1, 0.15) is 17.0 Å². The Labute approximate surface area is 129 Å². The first-order chi connectivity index (χ1) is 10.5. The van der Waals surface area contributed by atoms with E-state index in [-0.39, 0.29) is 5.82 Å². The van der Waals surface area contributed by atoms with Crippen LogP contribution < -0.4 is 5.73 Å². The lowest BCUT2D eigenvalue weighted by molar-refractivity contribution is 0.624. The second-order valence-corrected chi connectivity index (χ2v) is 5.36. The van der Waals surface area contributed by atoms with Crippen LogP contribution in [-0.4, -0.2) is 24.1 Å². The second-order valence-electron chi connectivity index (χ2n) is 4.96. The molecule has 22 heavy (non-hydrogen) atoms. The van der Waals surface area contributed by atoms with E-state index in [0.717, 1.165) is 0 Å². The molecule has 0 unspecified atom stereocenters. The summed E-state index contributed by atoms with van der Waals surface area (Å²) in [6.45, 7) is 0. The van der Waals surface area contributed by atoms with Crippen LogP contribution in [0.3, 0.4) is 0 Å². The minimum Gasteiger partial charge on any atom is -0.382 e. The van der Waals surface area contributed by atoms with Crippen LogP contribution in [0.1, 0.15) is 0 Å². The van der Waals surface area contributed by atoms with E-state index in [9.17, 15) is 4.39 Å². The monoisotopic (exact) mass is 316 g/mol. The van der Waals surface area contributed by atoms with Crippen molar-refractivity contribution in [3.05, 3.63) is 41.6 Å². The van der Waals surface area contributed by atoms with E-state index >= 15 is 0 Å². The summed E-state index contributed by atoms with van der Waals surface area (Å²) in [6, 6.07) is 3.10. The Morgan fingerprint density at radius 3 is 3.00 bits per heavy atom. The summed E-state index contributed by atoms with van der Waals surface area (Å²) < 4.78 is 16.9. The first-order valence-corrected chi connectivity index (χ1v) is 6.83. The molecule has 4 heterocycles. The number of nitrogens with two attached hydrogens (primary N) is 1. The average molecular weight is 317 g/mol. The zero-order valence-corrected chi connectivity index (χ0v) is 12.2. The minimum absolute atomic E-state index is 0.265. The second kappa shape index (κ2) is 4.41. The molecule has 0 radical (unpaired) electrons. The Morgan fingerprint density at radius 2 is 2.18 bits per heavy atom. The molecule has 4 aromatic heterocycles. The highest BCUT2D eigenvalue weighted by molar-refractivity contribution is 6.34. The molecule has 0 aliphatic heterocycles. The largest absolute Gasteiger partial charge is 0.382 e. The summed E-state index contributed by atoms with van der Waals surface area (Å²) in [6.07, 6.45) is 4.67. The quantitative estimate of drug-likeness (QED) is 0.586. The van der Waals surface area contributed by atoms with Crippen molar-refractivity contribution >= 4 is 34.0 Å². The van der Waals surface area contributed by atoms with Gasteiger partial charge in [-0.25, -0.2) is 18.9 Å². The van der Waals surface area contributed by atoms with E-state index in [1.54, 1.807) is 27.5 Å². The van der Waals surface area contributed by atoms with Gasteiger partial charge in [0.05, 0.1) is 11.2 Å². The molecule has 0 aromatic carbocycles. The number of rotatable bonds is 1. The number of hydrogen-bond donors (Lipinski definition) is 1. The highest BCUT2D eigenvalue weighted by atomic mass is 35.5. The van der Waals surface area contributed by atoms with Crippen LogP contribution >= 0.6 is 11.6 Å². The van der Waals surface area contributed by atoms with Crippen LogP contribution in [0.15, 0.2) is 30.7 Å². The third-order valence-electron chi connectivity index (χ3n) is 3.51. The molecule has 110 valence electrons. The molecule has 6 nitrogen and oxygen atoms in total. The number of nitrogens with zero attached hydrogens (tertiary/aromatic N) is 5. The van der Waals surface area contributed by atoms with Crippen LogP contribution in [-0.2, 0) is 7.05 Å². The van der Waals surface area contributed by atoms with Gasteiger partial charge in [0.2, 0.25) is 0 Å². The van der Waals surface area contributed by atoms with Gasteiger partial charge >= 0.3 is 0 Å². The molecule has 0 saturated heterocycles.